The van der Waals surface area contributed by atoms with E-state index >= 15 is 0 Å². The summed E-state index contributed by atoms with van der Waals surface area (Å²) >= 11 is 0. The molecule has 2 rings (SSSR count). The van der Waals surface area contributed by atoms with Gasteiger partial charge in [0.1, 0.15) is 0 Å². The lowest BCUT2D eigenvalue weighted by atomic mass is 9.77. The van der Waals surface area contributed by atoms with Crippen LogP contribution >= 0.6 is 0 Å². The fourth-order valence-corrected chi connectivity index (χ4v) is 2.06. The molecular formula is C13H17F2NO. The van der Waals surface area contributed by atoms with Crippen LogP contribution in [-0.2, 0) is 6.54 Å². The van der Waals surface area contributed by atoms with Gasteiger partial charge in [0.15, 0.2) is 0 Å². The quantitative estimate of drug-likeness (QED) is 0.830. The number of halogens is 2. The molecule has 0 aromatic heterocycles. The van der Waals surface area contributed by atoms with Crippen LogP contribution in [0.2, 0.25) is 0 Å². The largest absolute Gasteiger partial charge is 0.394 e. The highest BCUT2D eigenvalue weighted by atomic mass is 19.3. The van der Waals surface area contributed by atoms with Crippen LogP contribution in [0.15, 0.2) is 24.3 Å². The van der Waals surface area contributed by atoms with E-state index in [0.29, 0.717) is 6.54 Å². The number of alkyl halides is 2. The second-order valence-electron chi connectivity index (χ2n) is 4.69. The first-order valence-electron chi connectivity index (χ1n) is 5.88. The first kappa shape index (κ1) is 12.5. The standard InChI is InChI=1S/C13H17F2NO/c14-12(15)11-4-2-10(3-5-11)8-16-13(9-17)6-1-7-13/h2-5,12,16-17H,1,6-9H2. The smallest absolute Gasteiger partial charge is 0.263 e. The summed E-state index contributed by atoms with van der Waals surface area (Å²) in [5.41, 5.74) is 0.880. The minimum absolute atomic E-state index is 0.0502. The number of nitrogens with one attached hydrogen (secondary N) is 1. The van der Waals surface area contributed by atoms with Crippen LogP contribution in [-0.4, -0.2) is 17.3 Å². The Kier molecular flexibility index (Phi) is 3.74. The van der Waals surface area contributed by atoms with Crippen molar-refractivity contribution in [2.45, 2.75) is 37.8 Å². The molecule has 1 fully saturated rings. The third-order valence-corrected chi connectivity index (χ3v) is 3.51. The Labute approximate surface area is 99.7 Å². The molecule has 2 N–H and O–H groups in total. The Bertz CT molecular complexity index is 355. The summed E-state index contributed by atoms with van der Waals surface area (Å²) in [4.78, 5) is 0. The maximum absolute atomic E-state index is 12.3. The van der Waals surface area contributed by atoms with Crippen LogP contribution in [0.25, 0.3) is 0 Å². The maximum atomic E-state index is 12.3. The van der Waals surface area contributed by atoms with E-state index in [1.165, 1.54) is 12.1 Å². The third-order valence-electron chi connectivity index (χ3n) is 3.51. The first-order chi connectivity index (χ1) is 8.15. The average molecular weight is 241 g/mol. The number of hydrogen-bond acceptors (Lipinski definition) is 2. The van der Waals surface area contributed by atoms with Gasteiger partial charge < -0.3 is 10.4 Å². The lowest BCUT2D eigenvalue weighted by molar-refractivity contribution is 0.0872. The predicted molar refractivity (Wildman–Crippen MR) is 61.9 cm³/mol. The van der Waals surface area contributed by atoms with Gasteiger partial charge in [0, 0.05) is 17.6 Å². The van der Waals surface area contributed by atoms with E-state index in [4.69, 9.17) is 0 Å². The highest BCUT2D eigenvalue weighted by Crippen LogP contribution is 2.31. The molecule has 1 aromatic carbocycles. The monoisotopic (exact) mass is 241 g/mol. The molecule has 17 heavy (non-hydrogen) atoms. The molecule has 0 spiro atoms. The molecule has 0 aliphatic heterocycles. The molecule has 2 nitrogen and oxygen atoms in total. The summed E-state index contributed by atoms with van der Waals surface area (Å²) in [6.07, 6.45) is 0.696. The highest BCUT2D eigenvalue weighted by molar-refractivity contribution is 5.23. The molecule has 1 saturated carbocycles. The summed E-state index contributed by atoms with van der Waals surface area (Å²) in [5.74, 6) is 0. The van der Waals surface area contributed by atoms with Crippen molar-refractivity contribution in [1.82, 2.24) is 5.32 Å². The molecule has 1 aliphatic carbocycles. The second kappa shape index (κ2) is 5.10. The van der Waals surface area contributed by atoms with Crippen LogP contribution in [0.1, 0.15) is 36.8 Å². The van der Waals surface area contributed by atoms with Crippen molar-refractivity contribution in [2.75, 3.05) is 6.61 Å². The van der Waals surface area contributed by atoms with Gasteiger partial charge in [-0.3, -0.25) is 0 Å². The number of hydrogen-bond donors (Lipinski definition) is 2. The Morgan fingerprint density at radius 1 is 1.24 bits per heavy atom. The van der Waals surface area contributed by atoms with Gasteiger partial charge in [-0.25, -0.2) is 8.78 Å². The van der Waals surface area contributed by atoms with E-state index in [9.17, 15) is 13.9 Å². The normalized spacial score (nSPS) is 18.1. The predicted octanol–water partition coefficient (Wildman–Crippen LogP) is 2.63. The van der Waals surface area contributed by atoms with Crippen molar-refractivity contribution < 1.29 is 13.9 Å². The lowest BCUT2D eigenvalue weighted by Crippen LogP contribution is -2.53. The summed E-state index contributed by atoms with van der Waals surface area (Å²) < 4.78 is 24.7. The zero-order chi connectivity index (χ0) is 12.3. The second-order valence-corrected chi connectivity index (χ2v) is 4.69. The van der Waals surface area contributed by atoms with Crippen LogP contribution in [0.5, 0.6) is 0 Å². The molecule has 0 unspecified atom stereocenters. The number of benzene rings is 1. The minimum Gasteiger partial charge on any atom is -0.394 e. The van der Waals surface area contributed by atoms with E-state index in [1.807, 2.05) is 0 Å². The highest BCUT2D eigenvalue weighted by Gasteiger charge is 2.35. The van der Waals surface area contributed by atoms with Crippen LogP contribution in [0.3, 0.4) is 0 Å². The Morgan fingerprint density at radius 3 is 2.29 bits per heavy atom. The number of rotatable bonds is 5. The van der Waals surface area contributed by atoms with E-state index in [-0.39, 0.29) is 17.7 Å². The van der Waals surface area contributed by atoms with E-state index in [2.05, 4.69) is 5.32 Å². The molecule has 0 atom stereocenters. The fourth-order valence-electron chi connectivity index (χ4n) is 2.06. The minimum atomic E-state index is -2.41. The lowest BCUT2D eigenvalue weighted by Gasteiger charge is -2.41. The van der Waals surface area contributed by atoms with E-state index in [1.54, 1.807) is 12.1 Å². The maximum Gasteiger partial charge on any atom is 0.263 e. The molecule has 0 bridgehead atoms. The molecule has 1 aliphatic rings. The molecule has 94 valence electrons. The topological polar surface area (TPSA) is 32.3 Å². The molecule has 0 heterocycles. The van der Waals surface area contributed by atoms with Gasteiger partial charge in [-0.2, -0.15) is 0 Å². The molecule has 0 radical (unpaired) electrons. The van der Waals surface area contributed by atoms with Crippen molar-refractivity contribution >= 4 is 0 Å². The SMILES string of the molecule is OCC1(NCc2ccc(C(F)F)cc2)CCC1. The molecule has 0 saturated heterocycles. The van der Waals surface area contributed by atoms with Gasteiger partial charge >= 0.3 is 0 Å². The molecule has 1 aromatic rings. The van der Waals surface area contributed by atoms with Gasteiger partial charge in [-0.1, -0.05) is 24.3 Å². The van der Waals surface area contributed by atoms with Crippen LogP contribution in [0, 0.1) is 0 Å². The summed E-state index contributed by atoms with van der Waals surface area (Å²) in [6, 6.07) is 6.32. The van der Waals surface area contributed by atoms with E-state index < -0.39 is 6.43 Å². The third kappa shape index (κ3) is 2.82. The van der Waals surface area contributed by atoms with Gasteiger partial charge in [-0.15, -0.1) is 0 Å². The average Bonchev–Trinajstić information content (AvgIpc) is 2.29. The van der Waals surface area contributed by atoms with E-state index in [0.717, 1.165) is 24.8 Å². The fraction of sp³-hybridized carbons (Fsp3) is 0.538. The zero-order valence-corrected chi connectivity index (χ0v) is 9.63. The Balaban J connectivity index is 1.91. The van der Waals surface area contributed by atoms with Gasteiger partial charge in [0.25, 0.3) is 6.43 Å². The summed E-state index contributed by atoms with van der Waals surface area (Å²) in [7, 11) is 0. The van der Waals surface area contributed by atoms with Gasteiger partial charge in [-0.05, 0) is 24.8 Å². The van der Waals surface area contributed by atoms with Gasteiger partial charge in [0.2, 0.25) is 0 Å². The Morgan fingerprint density at radius 2 is 1.88 bits per heavy atom. The molecule has 0 amide bonds. The Hall–Kier alpha value is -1.00. The molecule has 4 heteroatoms. The van der Waals surface area contributed by atoms with Crippen molar-refractivity contribution in [3.63, 3.8) is 0 Å². The number of aliphatic hydroxyl groups excluding tert-OH is 1. The van der Waals surface area contributed by atoms with Crippen molar-refractivity contribution in [3.05, 3.63) is 35.4 Å². The van der Waals surface area contributed by atoms with Gasteiger partial charge in [0.05, 0.1) is 6.61 Å². The summed E-state index contributed by atoms with van der Waals surface area (Å²) in [6.45, 7) is 0.756. The number of aliphatic hydroxyl groups is 1. The molecular weight excluding hydrogens is 224 g/mol. The van der Waals surface area contributed by atoms with Crippen molar-refractivity contribution in [2.24, 2.45) is 0 Å². The van der Waals surface area contributed by atoms with Crippen LogP contribution < -0.4 is 5.32 Å². The van der Waals surface area contributed by atoms with Crippen LogP contribution in [0.4, 0.5) is 8.78 Å². The summed E-state index contributed by atoms with van der Waals surface area (Å²) in [5, 5.41) is 12.6. The first-order valence-corrected chi connectivity index (χ1v) is 5.88. The zero-order valence-electron chi connectivity index (χ0n) is 9.63. The van der Waals surface area contributed by atoms with Crippen molar-refractivity contribution in [1.29, 1.82) is 0 Å². The van der Waals surface area contributed by atoms with Crippen molar-refractivity contribution in [3.8, 4) is 0 Å².